The lowest BCUT2D eigenvalue weighted by Crippen LogP contribution is -2.37. The molecule has 0 N–H and O–H groups in total. The average molecular weight is 180 g/mol. The molecule has 3 unspecified atom stereocenters. The fraction of sp³-hybridized carbons (Fsp3) is 0.818. The Kier molecular flexibility index (Phi) is 1.91. The maximum absolute atomic E-state index is 5.76. The van der Waals surface area contributed by atoms with Crippen LogP contribution in [0.15, 0.2) is 12.2 Å². The van der Waals surface area contributed by atoms with Crippen LogP contribution in [0.25, 0.3) is 0 Å². The topological polar surface area (TPSA) is 18.5 Å². The fourth-order valence-electron chi connectivity index (χ4n) is 2.66. The predicted octanol–water partition coefficient (Wildman–Crippen LogP) is 1.61. The molecule has 0 spiro atoms. The van der Waals surface area contributed by atoms with Crippen molar-refractivity contribution in [2.45, 2.75) is 18.9 Å². The number of fused-ring (bicyclic) bond motifs is 2. The van der Waals surface area contributed by atoms with Gasteiger partial charge in [-0.05, 0) is 30.6 Å². The Labute approximate surface area is 78.9 Å². The number of hydrogen-bond acceptors (Lipinski definition) is 2. The van der Waals surface area contributed by atoms with Gasteiger partial charge in [0.25, 0.3) is 0 Å². The van der Waals surface area contributed by atoms with Crippen molar-refractivity contribution >= 4 is 0 Å². The third kappa shape index (κ3) is 1.42. The van der Waals surface area contributed by atoms with E-state index in [4.69, 9.17) is 9.47 Å². The summed E-state index contributed by atoms with van der Waals surface area (Å²) in [6.45, 7) is 2.59. The van der Waals surface area contributed by atoms with Gasteiger partial charge in [-0.25, -0.2) is 0 Å². The first-order chi connectivity index (χ1) is 6.42. The minimum absolute atomic E-state index is 0.406. The normalized spacial score (nSPS) is 42.6. The van der Waals surface area contributed by atoms with Crippen molar-refractivity contribution in [3.8, 4) is 0 Å². The fourth-order valence-corrected chi connectivity index (χ4v) is 2.66. The molecular weight excluding hydrogens is 164 g/mol. The minimum atomic E-state index is 0.406. The highest BCUT2D eigenvalue weighted by atomic mass is 16.6. The highest BCUT2D eigenvalue weighted by Gasteiger charge is 2.36. The molecule has 1 heterocycles. The lowest BCUT2D eigenvalue weighted by atomic mass is 9.94. The van der Waals surface area contributed by atoms with Gasteiger partial charge in [-0.2, -0.15) is 0 Å². The van der Waals surface area contributed by atoms with Gasteiger partial charge in [0.15, 0.2) is 0 Å². The van der Waals surface area contributed by atoms with Gasteiger partial charge in [0.1, 0.15) is 6.10 Å². The van der Waals surface area contributed by atoms with Crippen molar-refractivity contribution in [1.82, 2.24) is 0 Å². The van der Waals surface area contributed by atoms with Crippen molar-refractivity contribution in [2.24, 2.45) is 17.8 Å². The second-order valence-electron chi connectivity index (χ2n) is 4.53. The van der Waals surface area contributed by atoms with Crippen molar-refractivity contribution in [3.63, 3.8) is 0 Å². The van der Waals surface area contributed by atoms with Crippen LogP contribution in [-0.2, 0) is 9.47 Å². The van der Waals surface area contributed by atoms with Gasteiger partial charge in [0.05, 0.1) is 19.8 Å². The highest BCUT2D eigenvalue weighted by molar-refractivity contribution is 5.10. The molecule has 0 radical (unpaired) electrons. The lowest BCUT2D eigenvalue weighted by Gasteiger charge is -2.28. The van der Waals surface area contributed by atoms with Gasteiger partial charge in [0.2, 0.25) is 0 Å². The van der Waals surface area contributed by atoms with E-state index in [1.165, 1.54) is 12.8 Å². The predicted molar refractivity (Wildman–Crippen MR) is 49.4 cm³/mol. The van der Waals surface area contributed by atoms with Crippen LogP contribution in [0.4, 0.5) is 0 Å². The highest BCUT2D eigenvalue weighted by Crippen LogP contribution is 2.43. The summed E-state index contributed by atoms with van der Waals surface area (Å²) in [6.07, 6.45) is 7.92. The molecule has 2 fully saturated rings. The molecule has 1 saturated heterocycles. The molecule has 1 aliphatic heterocycles. The minimum Gasteiger partial charge on any atom is -0.376 e. The molecule has 2 bridgehead atoms. The van der Waals surface area contributed by atoms with Crippen LogP contribution in [0.3, 0.4) is 0 Å². The van der Waals surface area contributed by atoms with Gasteiger partial charge in [0, 0.05) is 0 Å². The second kappa shape index (κ2) is 3.10. The van der Waals surface area contributed by atoms with E-state index >= 15 is 0 Å². The number of allylic oxidation sites excluding steroid dienone is 2. The Morgan fingerprint density at radius 2 is 2.15 bits per heavy atom. The van der Waals surface area contributed by atoms with Gasteiger partial charge >= 0.3 is 0 Å². The molecule has 1 saturated carbocycles. The van der Waals surface area contributed by atoms with Crippen LogP contribution in [0.1, 0.15) is 12.8 Å². The summed E-state index contributed by atoms with van der Waals surface area (Å²) in [7, 11) is 0. The first-order valence-electron chi connectivity index (χ1n) is 5.29. The van der Waals surface area contributed by atoms with Crippen LogP contribution >= 0.6 is 0 Å². The molecule has 3 rings (SSSR count). The van der Waals surface area contributed by atoms with E-state index < -0.39 is 0 Å². The third-order valence-electron chi connectivity index (χ3n) is 3.57. The summed E-state index contributed by atoms with van der Waals surface area (Å²) in [4.78, 5) is 0. The molecule has 2 nitrogen and oxygen atoms in total. The van der Waals surface area contributed by atoms with Gasteiger partial charge in [-0.3, -0.25) is 0 Å². The molecular formula is C11H16O2. The summed E-state index contributed by atoms with van der Waals surface area (Å²) >= 11 is 0. The quantitative estimate of drug-likeness (QED) is 0.614. The van der Waals surface area contributed by atoms with Crippen molar-refractivity contribution in [3.05, 3.63) is 12.2 Å². The molecule has 3 aliphatic rings. The van der Waals surface area contributed by atoms with Crippen LogP contribution in [-0.4, -0.2) is 25.9 Å². The maximum atomic E-state index is 5.76. The smallest absolute Gasteiger partial charge is 0.104 e. The Bertz CT molecular complexity index is 220. The summed E-state index contributed by atoms with van der Waals surface area (Å²) in [6, 6.07) is 0. The summed E-state index contributed by atoms with van der Waals surface area (Å²) in [5.74, 6) is 2.50. The van der Waals surface area contributed by atoms with Crippen LogP contribution in [0.2, 0.25) is 0 Å². The Morgan fingerprint density at radius 3 is 2.69 bits per heavy atom. The van der Waals surface area contributed by atoms with E-state index in [2.05, 4.69) is 12.2 Å². The molecule has 0 aromatic carbocycles. The molecule has 2 heteroatoms. The first kappa shape index (κ1) is 8.01. The van der Waals surface area contributed by atoms with E-state index in [1.54, 1.807) is 0 Å². The van der Waals surface area contributed by atoms with Crippen LogP contribution < -0.4 is 0 Å². The number of hydrogen-bond donors (Lipinski definition) is 0. The van der Waals surface area contributed by atoms with Crippen molar-refractivity contribution in [1.29, 1.82) is 0 Å². The zero-order chi connectivity index (χ0) is 8.67. The summed E-state index contributed by atoms with van der Waals surface area (Å²) < 4.78 is 10.8. The number of rotatable bonds is 3. The van der Waals surface area contributed by atoms with Crippen LogP contribution in [0, 0.1) is 17.8 Å². The molecule has 3 atom stereocenters. The molecule has 0 aromatic rings. The molecule has 0 aromatic heterocycles. The zero-order valence-electron chi connectivity index (χ0n) is 7.82. The lowest BCUT2D eigenvalue weighted by molar-refractivity contribution is -0.137. The van der Waals surface area contributed by atoms with Gasteiger partial charge in [-0.1, -0.05) is 12.2 Å². The summed E-state index contributed by atoms with van der Waals surface area (Å²) in [5, 5.41) is 0. The van der Waals surface area contributed by atoms with E-state index in [9.17, 15) is 0 Å². The Morgan fingerprint density at radius 1 is 1.23 bits per heavy atom. The summed E-state index contributed by atoms with van der Waals surface area (Å²) in [5.41, 5.74) is 0. The van der Waals surface area contributed by atoms with E-state index in [0.717, 1.165) is 37.6 Å². The maximum Gasteiger partial charge on any atom is 0.104 e. The van der Waals surface area contributed by atoms with Gasteiger partial charge < -0.3 is 9.47 Å². The first-order valence-corrected chi connectivity index (χ1v) is 5.29. The van der Waals surface area contributed by atoms with E-state index in [1.807, 2.05) is 0 Å². The SMILES string of the molecule is C1=CC2CC1CC2COC1COC1. The third-order valence-corrected chi connectivity index (χ3v) is 3.57. The Hall–Kier alpha value is -0.340. The largest absolute Gasteiger partial charge is 0.376 e. The monoisotopic (exact) mass is 180 g/mol. The standard InChI is InChI=1S/C11H16O2/c1-2-9-3-8(1)4-10(9)5-13-11-6-12-7-11/h1-2,8-11H,3-7H2. The average Bonchev–Trinajstić information content (AvgIpc) is 2.61. The van der Waals surface area contributed by atoms with Crippen molar-refractivity contribution < 1.29 is 9.47 Å². The van der Waals surface area contributed by atoms with E-state index in [-0.39, 0.29) is 0 Å². The number of ether oxygens (including phenoxy) is 2. The molecule has 13 heavy (non-hydrogen) atoms. The van der Waals surface area contributed by atoms with Gasteiger partial charge in [-0.15, -0.1) is 0 Å². The zero-order valence-corrected chi connectivity index (χ0v) is 7.82. The molecule has 72 valence electrons. The van der Waals surface area contributed by atoms with Crippen LogP contribution in [0.5, 0.6) is 0 Å². The van der Waals surface area contributed by atoms with E-state index in [0.29, 0.717) is 6.10 Å². The van der Waals surface area contributed by atoms with Crippen molar-refractivity contribution in [2.75, 3.05) is 19.8 Å². The Balaban J connectivity index is 1.48. The second-order valence-corrected chi connectivity index (χ2v) is 4.53. The molecule has 0 amide bonds. The molecule has 2 aliphatic carbocycles.